The van der Waals surface area contributed by atoms with Crippen LogP contribution >= 0.6 is 0 Å². The van der Waals surface area contributed by atoms with E-state index in [0.717, 1.165) is 12.2 Å². The Bertz CT molecular complexity index is 274. The molecule has 13 heavy (non-hydrogen) atoms. The number of nitrogens with one attached hydrogen (secondary N) is 1. The smallest absolute Gasteiger partial charge is 0.138 e. The van der Waals surface area contributed by atoms with Crippen LogP contribution < -0.4 is 10.1 Å². The lowest BCUT2D eigenvalue weighted by Gasteiger charge is -2.08. The Kier molecular flexibility index (Phi) is 3.43. The molecule has 0 spiro atoms. The van der Waals surface area contributed by atoms with E-state index in [2.05, 4.69) is 12.2 Å². The SMILES string of the molecule is CCCOc1ccc(O)c(NC)c1. The number of rotatable bonds is 4. The summed E-state index contributed by atoms with van der Waals surface area (Å²) in [7, 11) is 1.76. The van der Waals surface area contributed by atoms with Crippen LogP contribution in [0.1, 0.15) is 13.3 Å². The van der Waals surface area contributed by atoms with Crippen LogP contribution in [0.3, 0.4) is 0 Å². The van der Waals surface area contributed by atoms with Crippen LogP contribution in [-0.2, 0) is 0 Å². The molecule has 0 atom stereocenters. The minimum absolute atomic E-state index is 0.242. The summed E-state index contributed by atoms with van der Waals surface area (Å²) in [6, 6.07) is 5.16. The summed E-state index contributed by atoms with van der Waals surface area (Å²) in [6.07, 6.45) is 0.982. The van der Waals surface area contributed by atoms with Crippen molar-refractivity contribution in [1.29, 1.82) is 0 Å². The van der Waals surface area contributed by atoms with Crippen molar-refractivity contribution in [3.05, 3.63) is 18.2 Å². The average Bonchev–Trinajstić information content (AvgIpc) is 2.16. The fourth-order valence-electron chi connectivity index (χ4n) is 1.03. The summed E-state index contributed by atoms with van der Waals surface area (Å²) < 4.78 is 5.40. The number of benzene rings is 1. The molecule has 0 radical (unpaired) electrons. The van der Waals surface area contributed by atoms with E-state index in [0.29, 0.717) is 12.3 Å². The van der Waals surface area contributed by atoms with Crippen LogP contribution in [0.25, 0.3) is 0 Å². The molecular formula is C10H15NO2. The van der Waals surface area contributed by atoms with Gasteiger partial charge in [0.1, 0.15) is 11.5 Å². The topological polar surface area (TPSA) is 41.5 Å². The highest BCUT2D eigenvalue weighted by atomic mass is 16.5. The Morgan fingerprint density at radius 2 is 2.23 bits per heavy atom. The van der Waals surface area contributed by atoms with E-state index in [-0.39, 0.29) is 5.75 Å². The molecule has 0 saturated heterocycles. The molecule has 72 valence electrons. The standard InChI is InChI=1S/C10H15NO2/c1-3-6-13-8-4-5-10(12)9(7-8)11-2/h4-5,7,11-12H,3,6H2,1-2H3. The molecule has 1 aromatic rings. The first-order chi connectivity index (χ1) is 6.27. The van der Waals surface area contributed by atoms with Crippen LogP contribution in [0.2, 0.25) is 0 Å². The number of ether oxygens (including phenoxy) is 1. The van der Waals surface area contributed by atoms with Gasteiger partial charge in [-0.1, -0.05) is 6.92 Å². The van der Waals surface area contributed by atoms with Gasteiger partial charge >= 0.3 is 0 Å². The molecule has 2 N–H and O–H groups in total. The zero-order valence-electron chi connectivity index (χ0n) is 8.00. The molecular weight excluding hydrogens is 166 g/mol. The Labute approximate surface area is 78.3 Å². The van der Waals surface area contributed by atoms with E-state index in [9.17, 15) is 5.11 Å². The quantitative estimate of drug-likeness (QED) is 0.700. The van der Waals surface area contributed by atoms with Crippen LogP contribution in [0.5, 0.6) is 11.5 Å². The van der Waals surface area contributed by atoms with E-state index in [4.69, 9.17) is 4.74 Å². The second-order valence-electron chi connectivity index (χ2n) is 2.78. The van der Waals surface area contributed by atoms with Crippen molar-refractivity contribution in [2.24, 2.45) is 0 Å². The molecule has 0 saturated carbocycles. The third-order valence-corrected chi connectivity index (χ3v) is 1.71. The van der Waals surface area contributed by atoms with Gasteiger partial charge in [0.15, 0.2) is 0 Å². The van der Waals surface area contributed by atoms with E-state index >= 15 is 0 Å². The monoisotopic (exact) mass is 181 g/mol. The number of hydrogen-bond acceptors (Lipinski definition) is 3. The summed E-state index contributed by atoms with van der Waals surface area (Å²) >= 11 is 0. The molecule has 0 bridgehead atoms. The van der Waals surface area contributed by atoms with Crippen LogP contribution in [-0.4, -0.2) is 18.8 Å². The summed E-state index contributed by atoms with van der Waals surface area (Å²) in [5.74, 6) is 1.02. The van der Waals surface area contributed by atoms with Gasteiger partial charge in [-0.2, -0.15) is 0 Å². The second-order valence-corrected chi connectivity index (χ2v) is 2.78. The van der Waals surface area contributed by atoms with Gasteiger partial charge in [-0.15, -0.1) is 0 Å². The molecule has 3 nitrogen and oxygen atoms in total. The normalized spacial score (nSPS) is 9.69. The maximum Gasteiger partial charge on any atom is 0.138 e. The predicted octanol–water partition coefficient (Wildman–Crippen LogP) is 2.22. The predicted molar refractivity (Wildman–Crippen MR) is 53.4 cm³/mol. The number of aromatic hydroxyl groups is 1. The molecule has 0 heterocycles. The van der Waals surface area contributed by atoms with Gasteiger partial charge in [0.25, 0.3) is 0 Å². The van der Waals surface area contributed by atoms with E-state index < -0.39 is 0 Å². The maximum absolute atomic E-state index is 9.34. The summed E-state index contributed by atoms with van der Waals surface area (Å²) in [6.45, 7) is 2.76. The van der Waals surface area contributed by atoms with Gasteiger partial charge in [-0.25, -0.2) is 0 Å². The third-order valence-electron chi connectivity index (χ3n) is 1.71. The lowest BCUT2D eigenvalue weighted by atomic mass is 10.3. The molecule has 0 aliphatic carbocycles. The first-order valence-corrected chi connectivity index (χ1v) is 4.41. The largest absolute Gasteiger partial charge is 0.506 e. The van der Waals surface area contributed by atoms with Crippen molar-refractivity contribution in [3.8, 4) is 11.5 Å². The first kappa shape index (κ1) is 9.71. The van der Waals surface area contributed by atoms with Crippen molar-refractivity contribution >= 4 is 5.69 Å². The second kappa shape index (κ2) is 4.60. The fraction of sp³-hybridized carbons (Fsp3) is 0.400. The van der Waals surface area contributed by atoms with Gasteiger partial charge < -0.3 is 15.2 Å². The number of phenols is 1. The summed E-state index contributed by atoms with van der Waals surface area (Å²) in [4.78, 5) is 0. The fourth-order valence-corrected chi connectivity index (χ4v) is 1.03. The molecule has 0 unspecified atom stereocenters. The first-order valence-electron chi connectivity index (χ1n) is 4.41. The molecule has 0 aromatic heterocycles. The van der Waals surface area contributed by atoms with Crippen LogP contribution in [0.15, 0.2) is 18.2 Å². The van der Waals surface area contributed by atoms with Crippen molar-refractivity contribution in [1.82, 2.24) is 0 Å². The highest BCUT2D eigenvalue weighted by Crippen LogP contribution is 2.27. The minimum atomic E-state index is 0.242. The Morgan fingerprint density at radius 1 is 1.46 bits per heavy atom. The molecule has 0 aliphatic rings. The Balaban J connectivity index is 2.74. The highest BCUT2D eigenvalue weighted by molar-refractivity contribution is 5.58. The van der Waals surface area contributed by atoms with Crippen LogP contribution in [0.4, 0.5) is 5.69 Å². The molecule has 1 rings (SSSR count). The van der Waals surface area contributed by atoms with Gasteiger partial charge in [0, 0.05) is 13.1 Å². The zero-order chi connectivity index (χ0) is 9.68. The van der Waals surface area contributed by atoms with Crippen molar-refractivity contribution < 1.29 is 9.84 Å². The van der Waals surface area contributed by atoms with Gasteiger partial charge in [-0.05, 0) is 18.6 Å². The number of anilines is 1. The van der Waals surface area contributed by atoms with Crippen molar-refractivity contribution in [3.63, 3.8) is 0 Å². The molecule has 0 fully saturated rings. The summed E-state index contributed by atoms with van der Waals surface area (Å²) in [5, 5.41) is 12.2. The van der Waals surface area contributed by atoms with Crippen molar-refractivity contribution in [2.45, 2.75) is 13.3 Å². The highest BCUT2D eigenvalue weighted by Gasteiger charge is 2.00. The molecule has 3 heteroatoms. The van der Waals surface area contributed by atoms with E-state index in [1.165, 1.54) is 0 Å². The molecule has 0 aliphatic heterocycles. The molecule has 0 amide bonds. The Morgan fingerprint density at radius 3 is 2.85 bits per heavy atom. The lowest BCUT2D eigenvalue weighted by molar-refractivity contribution is 0.317. The van der Waals surface area contributed by atoms with Gasteiger partial charge in [-0.3, -0.25) is 0 Å². The van der Waals surface area contributed by atoms with Gasteiger partial charge in [0.05, 0.1) is 12.3 Å². The summed E-state index contributed by atoms with van der Waals surface area (Å²) in [5.41, 5.74) is 0.689. The van der Waals surface area contributed by atoms with E-state index in [1.807, 2.05) is 0 Å². The van der Waals surface area contributed by atoms with Crippen molar-refractivity contribution in [2.75, 3.05) is 19.0 Å². The number of phenolic OH excluding ortho intramolecular Hbond substituents is 1. The maximum atomic E-state index is 9.34. The number of hydrogen-bond donors (Lipinski definition) is 2. The Hall–Kier alpha value is -1.38. The lowest BCUT2D eigenvalue weighted by Crippen LogP contribution is -1.96. The average molecular weight is 181 g/mol. The molecule has 1 aromatic carbocycles. The van der Waals surface area contributed by atoms with E-state index in [1.54, 1.807) is 25.2 Å². The van der Waals surface area contributed by atoms with Gasteiger partial charge in [0.2, 0.25) is 0 Å². The third kappa shape index (κ3) is 2.54. The zero-order valence-corrected chi connectivity index (χ0v) is 8.00. The minimum Gasteiger partial charge on any atom is -0.506 e. The van der Waals surface area contributed by atoms with Crippen LogP contribution in [0, 0.1) is 0 Å².